The Bertz CT molecular complexity index is 766. The van der Waals surface area contributed by atoms with Crippen molar-refractivity contribution in [3.8, 4) is 28.1 Å². The second kappa shape index (κ2) is 5.61. The molecule has 5 heteroatoms. The van der Waals surface area contributed by atoms with Gasteiger partial charge in [0.15, 0.2) is 0 Å². The number of methoxy groups -OCH3 is 1. The molecule has 0 fully saturated rings. The summed E-state index contributed by atoms with van der Waals surface area (Å²) in [6.07, 6.45) is 0. The third-order valence-corrected chi connectivity index (χ3v) is 3.92. The topological polar surface area (TPSA) is 61.3 Å². The molecule has 0 bridgehead atoms. The van der Waals surface area contributed by atoms with E-state index in [1.54, 1.807) is 7.11 Å². The van der Waals surface area contributed by atoms with Crippen LogP contribution in [0.1, 0.15) is 0 Å². The van der Waals surface area contributed by atoms with Gasteiger partial charge >= 0.3 is 0 Å². The molecule has 0 radical (unpaired) electrons. The van der Waals surface area contributed by atoms with Gasteiger partial charge in [-0.05, 0) is 23.8 Å². The second-order valence-corrected chi connectivity index (χ2v) is 5.33. The number of halogens is 1. The molecule has 0 aliphatic rings. The molecule has 0 aliphatic carbocycles. The highest BCUT2D eigenvalue weighted by atomic mass is 79.9. The van der Waals surface area contributed by atoms with E-state index in [1.807, 2.05) is 48.5 Å². The van der Waals surface area contributed by atoms with Crippen LogP contribution in [0.25, 0.3) is 22.4 Å². The Labute approximate surface area is 130 Å². The third-order valence-electron chi connectivity index (χ3n) is 3.23. The van der Waals surface area contributed by atoms with Crippen LogP contribution < -0.4 is 10.5 Å². The number of nitrogens with zero attached hydrogens (tertiary/aromatic N) is 1. The quantitative estimate of drug-likeness (QED) is 0.766. The predicted octanol–water partition coefficient (Wildman–Crippen LogP) is 4.36. The van der Waals surface area contributed by atoms with Crippen LogP contribution in [0.2, 0.25) is 0 Å². The number of anilines is 1. The summed E-state index contributed by atoms with van der Waals surface area (Å²) in [7, 11) is 1.63. The van der Waals surface area contributed by atoms with Crippen molar-refractivity contribution in [2.45, 2.75) is 0 Å². The van der Waals surface area contributed by atoms with Gasteiger partial charge in [0.1, 0.15) is 11.4 Å². The first-order valence-electron chi connectivity index (χ1n) is 6.35. The van der Waals surface area contributed by atoms with Crippen LogP contribution in [0.4, 0.5) is 5.88 Å². The Morgan fingerprint density at radius 3 is 2.48 bits per heavy atom. The molecule has 0 saturated carbocycles. The summed E-state index contributed by atoms with van der Waals surface area (Å²) in [4.78, 5) is 0. The van der Waals surface area contributed by atoms with Crippen molar-refractivity contribution < 1.29 is 9.26 Å². The third kappa shape index (κ3) is 2.52. The molecular weight excluding hydrogens is 332 g/mol. The van der Waals surface area contributed by atoms with E-state index >= 15 is 0 Å². The maximum atomic E-state index is 5.96. The number of ether oxygens (including phenoxy) is 1. The van der Waals surface area contributed by atoms with Crippen molar-refractivity contribution in [2.75, 3.05) is 12.8 Å². The lowest BCUT2D eigenvalue weighted by atomic mass is 10.0. The summed E-state index contributed by atoms with van der Waals surface area (Å²) in [5, 5.41) is 4.10. The number of hydrogen-bond acceptors (Lipinski definition) is 4. The molecule has 0 atom stereocenters. The van der Waals surface area contributed by atoms with Crippen molar-refractivity contribution in [1.29, 1.82) is 0 Å². The van der Waals surface area contributed by atoms with Crippen molar-refractivity contribution in [1.82, 2.24) is 5.16 Å². The summed E-state index contributed by atoms with van der Waals surface area (Å²) in [6, 6.07) is 15.4. The Morgan fingerprint density at radius 1 is 1.10 bits per heavy atom. The van der Waals surface area contributed by atoms with E-state index in [0.717, 1.165) is 26.9 Å². The Balaban J connectivity index is 2.15. The van der Waals surface area contributed by atoms with Gasteiger partial charge in [-0.25, -0.2) is 0 Å². The van der Waals surface area contributed by atoms with Gasteiger partial charge < -0.3 is 15.0 Å². The van der Waals surface area contributed by atoms with Gasteiger partial charge in [0.2, 0.25) is 5.88 Å². The minimum Gasteiger partial charge on any atom is -0.497 e. The lowest BCUT2D eigenvalue weighted by Crippen LogP contribution is -1.89. The molecule has 0 unspecified atom stereocenters. The highest BCUT2D eigenvalue weighted by Gasteiger charge is 2.18. The number of nitrogen functional groups attached to an aromatic ring is 1. The van der Waals surface area contributed by atoms with Crippen molar-refractivity contribution in [3.05, 3.63) is 53.0 Å². The fourth-order valence-corrected chi connectivity index (χ4v) is 2.65. The van der Waals surface area contributed by atoms with Gasteiger partial charge in [-0.2, -0.15) is 0 Å². The molecule has 4 nitrogen and oxygen atoms in total. The fourth-order valence-electron chi connectivity index (χ4n) is 2.18. The number of benzene rings is 2. The van der Waals surface area contributed by atoms with Crippen LogP contribution >= 0.6 is 15.9 Å². The van der Waals surface area contributed by atoms with Crippen LogP contribution in [-0.2, 0) is 0 Å². The minimum absolute atomic E-state index is 0.297. The summed E-state index contributed by atoms with van der Waals surface area (Å²) in [6.45, 7) is 0. The Kier molecular flexibility index (Phi) is 3.66. The van der Waals surface area contributed by atoms with E-state index in [9.17, 15) is 0 Å². The number of nitrogens with two attached hydrogens (primary N) is 1. The van der Waals surface area contributed by atoms with Crippen LogP contribution in [-0.4, -0.2) is 12.3 Å². The van der Waals surface area contributed by atoms with E-state index in [-0.39, 0.29) is 0 Å². The van der Waals surface area contributed by atoms with Crippen LogP contribution in [0.3, 0.4) is 0 Å². The summed E-state index contributed by atoms with van der Waals surface area (Å²) < 4.78 is 11.3. The van der Waals surface area contributed by atoms with Crippen LogP contribution in [0.5, 0.6) is 5.75 Å². The Hall–Kier alpha value is -2.27. The van der Waals surface area contributed by atoms with Gasteiger partial charge in [-0.1, -0.05) is 51.4 Å². The molecule has 1 aromatic heterocycles. The lowest BCUT2D eigenvalue weighted by molar-refractivity contribution is 0.415. The molecule has 21 heavy (non-hydrogen) atoms. The summed E-state index contributed by atoms with van der Waals surface area (Å²) in [5.74, 6) is 1.09. The minimum atomic E-state index is 0.297. The molecule has 0 amide bonds. The lowest BCUT2D eigenvalue weighted by Gasteiger charge is -2.06. The molecular formula is C16H13BrN2O2. The second-order valence-electron chi connectivity index (χ2n) is 4.48. The van der Waals surface area contributed by atoms with Gasteiger partial charge in [0, 0.05) is 10.0 Å². The average molecular weight is 345 g/mol. The van der Waals surface area contributed by atoms with E-state index in [4.69, 9.17) is 15.0 Å². The molecule has 0 aliphatic heterocycles. The molecule has 1 heterocycles. The number of hydrogen-bond donors (Lipinski definition) is 1. The van der Waals surface area contributed by atoms with E-state index in [0.29, 0.717) is 11.6 Å². The molecule has 106 valence electrons. The summed E-state index contributed by atoms with van der Waals surface area (Å²) in [5.41, 5.74) is 9.32. The van der Waals surface area contributed by atoms with Crippen molar-refractivity contribution in [2.24, 2.45) is 0 Å². The zero-order valence-corrected chi connectivity index (χ0v) is 12.9. The van der Waals surface area contributed by atoms with Crippen LogP contribution in [0.15, 0.2) is 57.5 Å². The summed E-state index contributed by atoms with van der Waals surface area (Å²) >= 11 is 3.53. The van der Waals surface area contributed by atoms with Gasteiger partial charge in [0.25, 0.3) is 0 Å². The fraction of sp³-hybridized carbons (Fsp3) is 0.0625. The average Bonchev–Trinajstić information content (AvgIpc) is 2.89. The van der Waals surface area contributed by atoms with Gasteiger partial charge in [-0.15, -0.1) is 0 Å². The molecule has 0 saturated heterocycles. The number of rotatable bonds is 3. The maximum absolute atomic E-state index is 5.96. The molecule has 2 N–H and O–H groups in total. The number of aromatic nitrogens is 1. The molecule has 3 aromatic rings. The highest BCUT2D eigenvalue weighted by Crippen LogP contribution is 2.39. The maximum Gasteiger partial charge on any atom is 0.230 e. The van der Waals surface area contributed by atoms with Gasteiger partial charge in [0.05, 0.1) is 12.7 Å². The zero-order valence-electron chi connectivity index (χ0n) is 11.3. The SMILES string of the molecule is COc1ccc(-c2c(-c3ccccc3Br)noc2N)cc1. The first-order valence-corrected chi connectivity index (χ1v) is 7.14. The van der Waals surface area contributed by atoms with Crippen molar-refractivity contribution in [3.63, 3.8) is 0 Å². The predicted molar refractivity (Wildman–Crippen MR) is 86.0 cm³/mol. The first-order chi connectivity index (χ1) is 10.2. The van der Waals surface area contributed by atoms with Gasteiger partial charge in [-0.3, -0.25) is 0 Å². The molecule has 3 rings (SSSR count). The van der Waals surface area contributed by atoms with Crippen LogP contribution in [0, 0.1) is 0 Å². The monoisotopic (exact) mass is 344 g/mol. The smallest absolute Gasteiger partial charge is 0.230 e. The highest BCUT2D eigenvalue weighted by molar-refractivity contribution is 9.10. The van der Waals surface area contributed by atoms with Crippen molar-refractivity contribution >= 4 is 21.8 Å². The van der Waals surface area contributed by atoms with E-state index < -0.39 is 0 Å². The normalized spacial score (nSPS) is 10.6. The Morgan fingerprint density at radius 2 is 1.81 bits per heavy atom. The van der Waals surface area contributed by atoms with E-state index in [2.05, 4.69) is 21.1 Å². The molecule has 2 aromatic carbocycles. The molecule has 0 spiro atoms. The first kappa shape index (κ1) is 13.7. The standard InChI is InChI=1S/C16H13BrN2O2/c1-20-11-8-6-10(7-9-11)14-15(19-21-16(14)18)12-4-2-3-5-13(12)17/h2-9H,18H2,1H3. The largest absolute Gasteiger partial charge is 0.497 e. The zero-order chi connectivity index (χ0) is 14.8. The van der Waals surface area contributed by atoms with E-state index in [1.165, 1.54) is 0 Å².